The molecule has 2 aromatic carbocycles. The topological polar surface area (TPSA) is 72.2 Å². The van der Waals surface area contributed by atoms with Crippen LogP contribution >= 0.6 is 11.6 Å². The maximum atomic E-state index is 12.2. The van der Waals surface area contributed by atoms with Crippen molar-refractivity contribution in [3.8, 4) is 0 Å². The molecule has 0 fully saturated rings. The Morgan fingerprint density at radius 3 is 2.29 bits per heavy atom. The second-order valence-electron chi connectivity index (χ2n) is 4.75. The van der Waals surface area contributed by atoms with E-state index in [9.17, 15) is 14.9 Å². The first kappa shape index (κ1) is 15.0. The predicted octanol–water partition coefficient (Wildman–Crippen LogP) is 4.12. The zero-order valence-electron chi connectivity index (χ0n) is 11.5. The van der Waals surface area contributed by atoms with E-state index in [0.29, 0.717) is 11.3 Å². The number of nitrogens with zero attached hydrogens (tertiary/aromatic N) is 1. The van der Waals surface area contributed by atoms with Gasteiger partial charge in [-0.05, 0) is 32.0 Å². The zero-order chi connectivity index (χ0) is 15.6. The van der Waals surface area contributed by atoms with E-state index < -0.39 is 4.92 Å². The first-order valence-corrected chi connectivity index (χ1v) is 6.58. The number of hydrogen-bond donors (Lipinski definition) is 1. The average molecular weight is 305 g/mol. The van der Waals surface area contributed by atoms with E-state index in [1.807, 2.05) is 19.9 Å². The maximum absolute atomic E-state index is 12.2. The molecular weight excluding hydrogens is 292 g/mol. The Labute approximate surface area is 126 Å². The minimum Gasteiger partial charge on any atom is -0.321 e. The Hall–Kier alpha value is -2.40. The number of amides is 1. The van der Waals surface area contributed by atoms with Crippen LogP contribution in [-0.2, 0) is 0 Å². The van der Waals surface area contributed by atoms with Crippen LogP contribution in [-0.4, -0.2) is 10.8 Å². The monoisotopic (exact) mass is 304 g/mol. The summed E-state index contributed by atoms with van der Waals surface area (Å²) in [7, 11) is 0. The first-order chi connectivity index (χ1) is 9.86. The fourth-order valence-corrected chi connectivity index (χ4v) is 2.24. The van der Waals surface area contributed by atoms with E-state index in [1.165, 1.54) is 18.2 Å². The van der Waals surface area contributed by atoms with E-state index in [1.54, 1.807) is 12.1 Å². The molecule has 0 aromatic heterocycles. The standard InChI is InChI=1S/C15H13ClN2O3/c1-9-5-10(2)7-11(6-9)15(19)17-14-4-3-12(18(20)21)8-13(14)16/h3-8H,1-2H3,(H,17,19). The third-order valence-corrected chi connectivity index (χ3v) is 3.21. The molecule has 0 aliphatic carbocycles. The van der Waals surface area contributed by atoms with Crippen LogP contribution in [0.25, 0.3) is 0 Å². The van der Waals surface area contributed by atoms with Crippen molar-refractivity contribution in [2.45, 2.75) is 13.8 Å². The molecule has 1 amide bonds. The highest BCUT2D eigenvalue weighted by atomic mass is 35.5. The SMILES string of the molecule is Cc1cc(C)cc(C(=O)Nc2ccc([N+](=O)[O-])cc2Cl)c1. The van der Waals surface area contributed by atoms with Crippen molar-refractivity contribution < 1.29 is 9.72 Å². The molecule has 0 aliphatic heterocycles. The highest BCUT2D eigenvalue weighted by Gasteiger charge is 2.13. The van der Waals surface area contributed by atoms with Gasteiger partial charge in [-0.2, -0.15) is 0 Å². The van der Waals surface area contributed by atoms with Gasteiger partial charge < -0.3 is 5.32 Å². The molecule has 21 heavy (non-hydrogen) atoms. The Kier molecular flexibility index (Phi) is 4.23. The van der Waals surface area contributed by atoms with Crippen LogP contribution in [0.5, 0.6) is 0 Å². The van der Waals surface area contributed by atoms with Crippen LogP contribution in [0, 0.1) is 24.0 Å². The zero-order valence-corrected chi connectivity index (χ0v) is 12.3. The largest absolute Gasteiger partial charge is 0.321 e. The molecule has 0 saturated carbocycles. The van der Waals surface area contributed by atoms with Gasteiger partial charge >= 0.3 is 0 Å². The van der Waals surface area contributed by atoms with Crippen LogP contribution in [0.4, 0.5) is 11.4 Å². The predicted molar refractivity (Wildman–Crippen MR) is 82.0 cm³/mol. The highest BCUT2D eigenvalue weighted by Crippen LogP contribution is 2.27. The number of nitrogens with one attached hydrogen (secondary N) is 1. The van der Waals surface area contributed by atoms with E-state index in [2.05, 4.69) is 5.32 Å². The van der Waals surface area contributed by atoms with Crippen molar-refractivity contribution in [1.82, 2.24) is 0 Å². The molecule has 0 bridgehead atoms. The fraction of sp³-hybridized carbons (Fsp3) is 0.133. The third-order valence-electron chi connectivity index (χ3n) is 2.90. The fourth-order valence-electron chi connectivity index (χ4n) is 2.02. The van der Waals surface area contributed by atoms with E-state index in [0.717, 1.165) is 11.1 Å². The molecule has 2 aromatic rings. The molecule has 0 radical (unpaired) electrons. The van der Waals surface area contributed by atoms with Gasteiger partial charge in [-0.15, -0.1) is 0 Å². The van der Waals surface area contributed by atoms with Gasteiger partial charge in [0.25, 0.3) is 11.6 Å². The number of nitro groups is 1. The molecule has 6 heteroatoms. The number of nitro benzene ring substituents is 1. The molecule has 108 valence electrons. The number of carbonyl (C=O) groups excluding carboxylic acids is 1. The van der Waals surface area contributed by atoms with Crippen molar-refractivity contribution >= 4 is 28.9 Å². The number of hydrogen-bond acceptors (Lipinski definition) is 3. The molecule has 1 N–H and O–H groups in total. The molecule has 0 spiro atoms. The van der Waals surface area contributed by atoms with Gasteiger partial charge in [0.1, 0.15) is 0 Å². The Morgan fingerprint density at radius 1 is 1.14 bits per heavy atom. The molecule has 0 unspecified atom stereocenters. The minimum atomic E-state index is -0.540. The summed E-state index contributed by atoms with van der Waals surface area (Å²) in [5.74, 6) is -0.308. The Bertz CT molecular complexity index is 709. The van der Waals surface area contributed by atoms with Gasteiger partial charge in [0.2, 0.25) is 0 Å². The van der Waals surface area contributed by atoms with E-state index in [-0.39, 0.29) is 16.6 Å². The van der Waals surface area contributed by atoms with Crippen molar-refractivity contribution in [2.24, 2.45) is 0 Å². The molecule has 0 heterocycles. The minimum absolute atomic E-state index is 0.121. The molecule has 5 nitrogen and oxygen atoms in total. The summed E-state index contributed by atoms with van der Waals surface area (Å²) in [6.45, 7) is 3.81. The van der Waals surface area contributed by atoms with Crippen molar-refractivity contribution in [2.75, 3.05) is 5.32 Å². The summed E-state index contributed by atoms with van der Waals surface area (Å²) in [4.78, 5) is 22.3. The lowest BCUT2D eigenvalue weighted by molar-refractivity contribution is -0.384. The summed E-state index contributed by atoms with van der Waals surface area (Å²) in [5.41, 5.74) is 2.70. The summed E-state index contributed by atoms with van der Waals surface area (Å²) in [5, 5.41) is 13.4. The molecule has 2 rings (SSSR count). The normalized spacial score (nSPS) is 10.2. The van der Waals surface area contributed by atoms with Crippen LogP contribution in [0.3, 0.4) is 0 Å². The van der Waals surface area contributed by atoms with Crippen LogP contribution in [0.15, 0.2) is 36.4 Å². The van der Waals surface area contributed by atoms with Gasteiger partial charge in [0.05, 0.1) is 15.6 Å². The number of benzene rings is 2. The highest BCUT2D eigenvalue weighted by molar-refractivity contribution is 6.34. The van der Waals surface area contributed by atoms with Crippen molar-refractivity contribution in [1.29, 1.82) is 0 Å². The number of aryl methyl sites for hydroxylation is 2. The number of carbonyl (C=O) groups is 1. The molecular formula is C15H13ClN2O3. The second-order valence-corrected chi connectivity index (χ2v) is 5.16. The first-order valence-electron chi connectivity index (χ1n) is 6.20. The number of anilines is 1. The van der Waals surface area contributed by atoms with Crippen molar-refractivity contribution in [3.63, 3.8) is 0 Å². The Balaban J connectivity index is 2.25. The summed E-state index contributed by atoms with van der Waals surface area (Å²) >= 11 is 5.95. The molecule has 0 atom stereocenters. The number of rotatable bonds is 3. The quantitative estimate of drug-likeness (QED) is 0.685. The summed E-state index contributed by atoms with van der Waals surface area (Å²) < 4.78 is 0. The lowest BCUT2D eigenvalue weighted by atomic mass is 10.1. The summed E-state index contributed by atoms with van der Waals surface area (Å²) in [6, 6.07) is 9.42. The van der Waals surface area contributed by atoms with Gasteiger partial charge in [0, 0.05) is 17.7 Å². The van der Waals surface area contributed by atoms with Gasteiger partial charge in [-0.3, -0.25) is 14.9 Å². The maximum Gasteiger partial charge on any atom is 0.271 e. The molecule has 0 saturated heterocycles. The van der Waals surface area contributed by atoms with Gasteiger partial charge in [-0.25, -0.2) is 0 Å². The summed E-state index contributed by atoms with van der Waals surface area (Å²) in [6.07, 6.45) is 0. The van der Waals surface area contributed by atoms with Crippen LogP contribution in [0.1, 0.15) is 21.5 Å². The Morgan fingerprint density at radius 2 is 1.76 bits per heavy atom. The van der Waals surface area contributed by atoms with Gasteiger partial charge in [0.15, 0.2) is 0 Å². The van der Waals surface area contributed by atoms with E-state index in [4.69, 9.17) is 11.6 Å². The number of halogens is 1. The van der Waals surface area contributed by atoms with Crippen LogP contribution < -0.4 is 5.32 Å². The lowest BCUT2D eigenvalue weighted by Gasteiger charge is -2.08. The van der Waals surface area contributed by atoms with Gasteiger partial charge in [-0.1, -0.05) is 28.8 Å². The molecule has 0 aliphatic rings. The van der Waals surface area contributed by atoms with E-state index >= 15 is 0 Å². The van der Waals surface area contributed by atoms with Crippen LogP contribution in [0.2, 0.25) is 5.02 Å². The third kappa shape index (κ3) is 3.58. The average Bonchev–Trinajstić information content (AvgIpc) is 2.39. The number of non-ortho nitro benzene ring substituents is 1. The van der Waals surface area contributed by atoms with Crippen molar-refractivity contribution in [3.05, 3.63) is 68.2 Å². The second kappa shape index (κ2) is 5.93. The lowest BCUT2D eigenvalue weighted by Crippen LogP contribution is -2.12. The smallest absolute Gasteiger partial charge is 0.271 e.